The molecule has 0 saturated carbocycles. The van der Waals surface area contributed by atoms with Gasteiger partial charge in [-0.2, -0.15) is 5.10 Å². The van der Waals surface area contributed by atoms with E-state index in [1.54, 1.807) is 29.8 Å². The number of nitrogens with zero attached hydrogens (tertiary/aromatic N) is 2. The lowest BCUT2D eigenvalue weighted by atomic mass is 10.1. The Morgan fingerprint density at radius 2 is 2.20 bits per heavy atom. The summed E-state index contributed by atoms with van der Waals surface area (Å²) in [6.07, 6.45) is 1.87. The van der Waals surface area contributed by atoms with Gasteiger partial charge >= 0.3 is 5.97 Å². The average Bonchev–Trinajstić information content (AvgIpc) is 2.70. The van der Waals surface area contributed by atoms with Crippen LogP contribution in [0.5, 0.6) is 0 Å². The number of nitrogens with two attached hydrogens (primary N) is 1. The first-order chi connectivity index (χ1) is 9.51. The van der Waals surface area contributed by atoms with Gasteiger partial charge in [0, 0.05) is 13.2 Å². The van der Waals surface area contributed by atoms with Crippen LogP contribution in [0.4, 0.5) is 17.1 Å². The first kappa shape index (κ1) is 13.9. The van der Waals surface area contributed by atoms with E-state index in [4.69, 9.17) is 10.5 Å². The number of nitrogens with one attached hydrogen (secondary N) is 1. The fourth-order valence-electron chi connectivity index (χ4n) is 1.89. The van der Waals surface area contributed by atoms with E-state index >= 15 is 0 Å². The Balaban J connectivity index is 2.22. The summed E-state index contributed by atoms with van der Waals surface area (Å²) in [5, 5.41) is 7.45. The highest BCUT2D eigenvalue weighted by Crippen LogP contribution is 2.25. The minimum absolute atomic E-state index is 0.341. The van der Waals surface area contributed by atoms with Crippen molar-refractivity contribution in [1.29, 1.82) is 0 Å². The van der Waals surface area contributed by atoms with E-state index in [0.717, 1.165) is 17.1 Å². The van der Waals surface area contributed by atoms with E-state index < -0.39 is 0 Å². The van der Waals surface area contributed by atoms with Crippen LogP contribution in [0.2, 0.25) is 0 Å². The fraction of sp³-hybridized carbons (Fsp3) is 0.286. The molecule has 0 radical (unpaired) electrons. The predicted molar refractivity (Wildman–Crippen MR) is 78.0 cm³/mol. The van der Waals surface area contributed by atoms with Gasteiger partial charge in [-0.25, -0.2) is 4.79 Å². The summed E-state index contributed by atoms with van der Waals surface area (Å²) in [7, 11) is 1.85. The lowest BCUT2D eigenvalue weighted by Gasteiger charge is -2.10. The van der Waals surface area contributed by atoms with Crippen molar-refractivity contribution in [1.82, 2.24) is 9.78 Å². The molecule has 20 heavy (non-hydrogen) atoms. The van der Waals surface area contributed by atoms with Crippen molar-refractivity contribution < 1.29 is 9.53 Å². The van der Waals surface area contributed by atoms with Crippen molar-refractivity contribution in [3.8, 4) is 0 Å². The molecule has 0 spiro atoms. The maximum Gasteiger partial charge on any atom is 0.338 e. The molecule has 3 N–H and O–H groups in total. The fourth-order valence-corrected chi connectivity index (χ4v) is 1.89. The molecule has 0 aliphatic carbocycles. The highest BCUT2D eigenvalue weighted by molar-refractivity contribution is 5.92. The van der Waals surface area contributed by atoms with Crippen molar-refractivity contribution in [2.45, 2.75) is 13.8 Å². The number of nitrogen functional groups attached to an aromatic ring is 1. The standard InChI is InChI=1S/C14H18N4O2/c1-4-20-14(19)10-5-6-12(11(15)7-10)16-13-8-18(3)17-9(13)2/h5-8,16H,4,15H2,1-3H3. The Labute approximate surface area is 117 Å². The monoisotopic (exact) mass is 274 g/mol. The summed E-state index contributed by atoms with van der Waals surface area (Å²) in [6, 6.07) is 5.04. The van der Waals surface area contributed by atoms with Gasteiger partial charge in [0.05, 0.1) is 34.9 Å². The zero-order valence-corrected chi connectivity index (χ0v) is 11.8. The lowest BCUT2D eigenvalue weighted by molar-refractivity contribution is 0.0526. The van der Waals surface area contributed by atoms with Crippen LogP contribution in [0.25, 0.3) is 0 Å². The number of carbonyl (C=O) groups is 1. The highest BCUT2D eigenvalue weighted by Gasteiger charge is 2.10. The topological polar surface area (TPSA) is 82.2 Å². The predicted octanol–water partition coefficient (Wildman–Crippen LogP) is 2.23. The van der Waals surface area contributed by atoms with E-state index in [0.29, 0.717) is 17.9 Å². The van der Waals surface area contributed by atoms with Crippen molar-refractivity contribution in [2.75, 3.05) is 17.7 Å². The van der Waals surface area contributed by atoms with Crippen molar-refractivity contribution >= 4 is 23.0 Å². The van der Waals surface area contributed by atoms with Crippen LogP contribution in [0, 0.1) is 6.92 Å². The summed E-state index contributed by atoms with van der Waals surface area (Å²) >= 11 is 0. The molecule has 0 aliphatic rings. The summed E-state index contributed by atoms with van der Waals surface area (Å²) in [5.41, 5.74) is 9.37. The molecule has 0 unspecified atom stereocenters. The van der Waals surface area contributed by atoms with E-state index in [2.05, 4.69) is 10.4 Å². The summed E-state index contributed by atoms with van der Waals surface area (Å²) in [4.78, 5) is 11.6. The molecular weight excluding hydrogens is 256 g/mol. The third kappa shape index (κ3) is 2.90. The van der Waals surface area contributed by atoms with Crippen LogP contribution >= 0.6 is 0 Å². The van der Waals surface area contributed by atoms with Crippen LogP contribution < -0.4 is 11.1 Å². The molecule has 6 nitrogen and oxygen atoms in total. The minimum atomic E-state index is -0.372. The largest absolute Gasteiger partial charge is 0.462 e. The maximum absolute atomic E-state index is 11.6. The van der Waals surface area contributed by atoms with Crippen LogP contribution in [0.15, 0.2) is 24.4 Å². The number of rotatable bonds is 4. The Morgan fingerprint density at radius 3 is 2.75 bits per heavy atom. The molecule has 1 aromatic carbocycles. The third-order valence-electron chi connectivity index (χ3n) is 2.85. The number of aryl methyl sites for hydroxylation is 2. The molecule has 106 valence electrons. The van der Waals surface area contributed by atoms with Crippen LogP contribution in [0.3, 0.4) is 0 Å². The van der Waals surface area contributed by atoms with E-state index in [1.807, 2.05) is 20.2 Å². The number of benzene rings is 1. The number of aromatic nitrogens is 2. The smallest absolute Gasteiger partial charge is 0.338 e. The first-order valence-electron chi connectivity index (χ1n) is 6.35. The quantitative estimate of drug-likeness (QED) is 0.660. The van der Waals surface area contributed by atoms with E-state index in [9.17, 15) is 4.79 Å². The number of ether oxygens (including phenoxy) is 1. The molecule has 0 aliphatic heterocycles. The van der Waals surface area contributed by atoms with Gasteiger partial charge in [-0.1, -0.05) is 0 Å². The minimum Gasteiger partial charge on any atom is -0.462 e. The number of carbonyl (C=O) groups excluding carboxylic acids is 1. The average molecular weight is 274 g/mol. The van der Waals surface area contributed by atoms with Gasteiger partial charge in [0.2, 0.25) is 0 Å². The second kappa shape index (κ2) is 5.64. The zero-order valence-electron chi connectivity index (χ0n) is 11.8. The van der Waals surface area contributed by atoms with Gasteiger partial charge < -0.3 is 15.8 Å². The van der Waals surface area contributed by atoms with Gasteiger partial charge in [0.15, 0.2) is 0 Å². The van der Waals surface area contributed by atoms with Crippen LogP contribution in [0.1, 0.15) is 23.0 Å². The molecule has 0 fully saturated rings. The van der Waals surface area contributed by atoms with Gasteiger partial charge in [0.25, 0.3) is 0 Å². The number of hydrogen-bond acceptors (Lipinski definition) is 5. The first-order valence-corrected chi connectivity index (χ1v) is 6.35. The molecular formula is C14H18N4O2. The molecule has 0 bridgehead atoms. The van der Waals surface area contributed by atoms with Gasteiger partial charge in [-0.05, 0) is 32.0 Å². The SMILES string of the molecule is CCOC(=O)c1ccc(Nc2cn(C)nc2C)c(N)c1. The summed E-state index contributed by atoms with van der Waals surface area (Å²) in [5.74, 6) is -0.372. The molecule has 6 heteroatoms. The molecule has 1 aromatic heterocycles. The Morgan fingerprint density at radius 1 is 1.45 bits per heavy atom. The molecule has 0 amide bonds. The van der Waals surface area contributed by atoms with Crippen molar-refractivity contribution in [2.24, 2.45) is 7.05 Å². The Hall–Kier alpha value is -2.50. The summed E-state index contributed by atoms with van der Waals surface area (Å²) < 4.78 is 6.66. The van der Waals surface area contributed by atoms with Gasteiger partial charge in [0.1, 0.15) is 0 Å². The normalized spacial score (nSPS) is 10.3. The van der Waals surface area contributed by atoms with Crippen LogP contribution in [-0.4, -0.2) is 22.4 Å². The lowest BCUT2D eigenvalue weighted by Crippen LogP contribution is -2.06. The van der Waals surface area contributed by atoms with Crippen molar-refractivity contribution in [3.63, 3.8) is 0 Å². The van der Waals surface area contributed by atoms with E-state index in [1.165, 1.54) is 0 Å². The maximum atomic E-state index is 11.6. The third-order valence-corrected chi connectivity index (χ3v) is 2.85. The second-order valence-corrected chi connectivity index (χ2v) is 4.45. The molecule has 2 rings (SSSR count). The number of hydrogen-bond donors (Lipinski definition) is 2. The van der Waals surface area contributed by atoms with Crippen molar-refractivity contribution in [3.05, 3.63) is 35.7 Å². The second-order valence-electron chi connectivity index (χ2n) is 4.45. The van der Waals surface area contributed by atoms with Crippen LogP contribution in [-0.2, 0) is 11.8 Å². The summed E-state index contributed by atoms with van der Waals surface area (Å²) in [6.45, 7) is 4.02. The van der Waals surface area contributed by atoms with Gasteiger partial charge in [-0.15, -0.1) is 0 Å². The number of esters is 1. The zero-order chi connectivity index (χ0) is 14.7. The Bertz CT molecular complexity index is 634. The van der Waals surface area contributed by atoms with Gasteiger partial charge in [-0.3, -0.25) is 4.68 Å². The Kier molecular flexibility index (Phi) is 3.93. The number of anilines is 3. The molecule has 2 aromatic rings. The molecule has 0 saturated heterocycles. The molecule has 1 heterocycles. The highest BCUT2D eigenvalue weighted by atomic mass is 16.5. The molecule has 0 atom stereocenters. The van der Waals surface area contributed by atoms with E-state index in [-0.39, 0.29) is 5.97 Å².